The average molecular weight is 418 g/mol. The van der Waals surface area contributed by atoms with Crippen molar-refractivity contribution < 1.29 is 31.7 Å². The number of halogens is 1. The molecule has 0 amide bonds. The highest BCUT2D eigenvalue weighted by molar-refractivity contribution is 7.13. The Morgan fingerprint density at radius 1 is 1.13 bits per heavy atom. The summed E-state index contributed by atoms with van der Waals surface area (Å²) in [7, 11) is 6.43. The van der Waals surface area contributed by atoms with E-state index in [1.165, 1.54) is 20.9 Å². The predicted octanol–water partition coefficient (Wildman–Crippen LogP) is 0.286. The van der Waals surface area contributed by atoms with E-state index < -0.39 is 0 Å². The molecule has 0 aliphatic carbocycles. The minimum absolute atomic E-state index is 0. The summed E-state index contributed by atoms with van der Waals surface area (Å²) >= 11 is 3.67. The molecule has 1 unspecified atom stereocenters. The van der Waals surface area contributed by atoms with E-state index in [9.17, 15) is 0 Å². The second-order valence-corrected chi connectivity index (χ2v) is 8.17. The van der Waals surface area contributed by atoms with Crippen molar-refractivity contribution >= 4 is 28.2 Å². The second kappa shape index (κ2) is 8.55. The van der Waals surface area contributed by atoms with Crippen LogP contribution in [0.4, 0.5) is 0 Å². The van der Waals surface area contributed by atoms with Crippen molar-refractivity contribution in [1.29, 1.82) is 0 Å². The summed E-state index contributed by atoms with van der Waals surface area (Å²) in [5, 5.41) is 4.33. The maximum atomic E-state index is 5.70. The molecule has 3 heterocycles. The fourth-order valence-electron chi connectivity index (χ4n) is 3.19. The highest BCUT2D eigenvalue weighted by atomic mass is 79.9. The summed E-state index contributed by atoms with van der Waals surface area (Å²) < 4.78 is 6.69. The van der Waals surface area contributed by atoms with Gasteiger partial charge in [0.25, 0.3) is 0 Å². The van der Waals surface area contributed by atoms with Crippen LogP contribution in [0.1, 0.15) is 16.2 Å². The second-order valence-electron chi connectivity index (χ2n) is 6.27. The minimum Gasteiger partial charge on any atom is -1.00 e. The van der Waals surface area contributed by atoms with Crippen molar-refractivity contribution in [2.75, 3.05) is 34.3 Å². The van der Waals surface area contributed by atoms with Gasteiger partial charge in [-0.15, -0.1) is 22.7 Å². The van der Waals surface area contributed by atoms with Crippen LogP contribution in [0.25, 0.3) is 5.57 Å². The third kappa shape index (κ3) is 4.75. The van der Waals surface area contributed by atoms with Crippen molar-refractivity contribution in [3.63, 3.8) is 0 Å². The molecule has 2 N–H and O–H groups in total. The van der Waals surface area contributed by atoms with Crippen LogP contribution >= 0.6 is 22.7 Å². The SMILES string of the molecule is COC1CC(=C(c2cccs2)c2cccs2)C[N+](C)(C)C1.O.[Br-]. The van der Waals surface area contributed by atoms with Gasteiger partial charge in [0.05, 0.1) is 14.1 Å². The van der Waals surface area contributed by atoms with Gasteiger partial charge in [0, 0.05) is 28.9 Å². The van der Waals surface area contributed by atoms with Crippen molar-refractivity contribution in [3.05, 3.63) is 50.4 Å². The fourth-order valence-corrected chi connectivity index (χ4v) is 4.92. The highest BCUT2D eigenvalue weighted by Crippen LogP contribution is 2.37. The zero-order chi connectivity index (χ0) is 14.9. The van der Waals surface area contributed by atoms with E-state index in [1.54, 1.807) is 0 Å². The molecule has 1 aliphatic heterocycles. The van der Waals surface area contributed by atoms with Crippen LogP contribution in [0.5, 0.6) is 0 Å². The van der Waals surface area contributed by atoms with Crippen molar-refractivity contribution in [2.24, 2.45) is 0 Å². The molecule has 1 atom stereocenters. The first-order valence-corrected chi connectivity index (χ1v) is 8.99. The van der Waals surface area contributed by atoms with E-state index >= 15 is 0 Å². The molecular weight excluding hydrogens is 394 g/mol. The molecule has 1 saturated heterocycles. The lowest BCUT2D eigenvalue weighted by Crippen LogP contribution is -3.00. The Kier molecular flexibility index (Phi) is 7.64. The number of ether oxygens (including phenoxy) is 1. The molecule has 0 spiro atoms. The van der Waals surface area contributed by atoms with Crippen LogP contribution < -0.4 is 17.0 Å². The van der Waals surface area contributed by atoms with Crippen LogP contribution in [-0.2, 0) is 4.74 Å². The number of rotatable bonds is 3. The van der Waals surface area contributed by atoms with Crippen LogP contribution in [0, 0.1) is 0 Å². The van der Waals surface area contributed by atoms with Gasteiger partial charge in [-0.25, -0.2) is 0 Å². The maximum Gasteiger partial charge on any atom is 0.110 e. The molecule has 128 valence electrons. The molecule has 1 fully saturated rings. The number of hydrogen-bond donors (Lipinski definition) is 0. The molecule has 2 aromatic heterocycles. The first-order chi connectivity index (χ1) is 10.1. The Hall–Kier alpha value is -0.500. The molecule has 0 saturated carbocycles. The number of likely N-dealkylation sites (tertiary alicyclic amines) is 1. The number of piperidine rings is 1. The third-order valence-electron chi connectivity index (χ3n) is 4.01. The Bertz CT molecular complexity index is 585. The van der Waals surface area contributed by atoms with Crippen molar-refractivity contribution in [2.45, 2.75) is 12.5 Å². The van der Waals surface area contributed by atoms with E-state index in [0.29, 0.717) is 6.10 Å². The molecule has 3 nitrogen and oxygen atoms in total. The quantitative estimate of drug-likeness (QED) is 0.661. The van der Waals surface area contributed by atoms with Crippen LogP contribution in [-0.4, -0.2) is 50.4 Å². The van der Waals surface area contributed by atoms with Gasteiger partial charge >= 0.3 is 0 Å². The number of methoxy groups -OCH3 is 1. The van der Waals surface area contributed by atoms with Gasteiger partial charge < -0.3 is 31.7 Å². The van der Waals surface area contributed by atoms with Crippen LogP contribution in [0.2, 0.25) is 0 Å². The lowest BCUT2D eigenvalue weighted by molar-refractivity contribution is -0.892. The summed E-state index contributed by atoms with van der Waals surface area (Å²) in [4.78, 5) is 2.76. The zero-order valence-corrected chi connectivity index (χ0v) is 16.9. The van der Waals surface area contributed by atoms with Crippen molar-refractivity contribution in [1.82, 2.24) is 0 Å². The van der Waals surface area contributed by atoms with Gasteiger partial charge in [0.1, 0.15) is 19.2 Å². The van der Waals surface area contributed by atoms with Gasteiger partial charge in [0.15, 0.2) is 0 Å². The fraction of sp³-hybridized carbons (Fsp3) is 0.412. The number of quaternary nitrogens is 1. The Morgan fingerprint density at radius 2 is 1.70 bits per heavy atom. The van der Waals surface area contributed by atoms with Gasteiger partial charge in [-0.3, -0.25) is 0 Å². The number of nitrogens with zero attached hydrogens (tertiary/aromatic N) is 1. The first-order valence-electron chi connectivity index (χ1n) is 7.23. The number of hydrogen-bond acceptors (Lipinski definition) is 3. The maximum absolute atomic E-state index is 5.70. The van der Waals surface area contributed by atoms with Crippen LogP contribution in [0.3, 0.4) is 0 Å². The van der Waals surface area contributed by atoms with Crippen molar-refractivity contribution in [3.8, 4) is 0 Å². The first kappa shape index (κ1) is 20.5. The Morgan fingerprint density at radius 3 is 2.13 bits per heavy atom. The molecule has 6 heteroatoms. The van der Waals surface area contributed by atoms with Gasteiger partial charge in [-0.2, -0.15) is 0 Å². The number of likely N-dealkylation sites (N-methyl/N-ethyl adjacent to an activating group) is 1. The third-order valence-corrected chi connectivity index (χ3v) is 5.79. The summed E-state index contributed by atoms with van der Waals surface area (Å²) in [6, 6.07) is 8.77. The summed E-state index contributed by atoms with van der Waals surface area (Å²) in [6.45, 7) is 2.19. The molecule has 1 aliphatic rings. The van der Waals surface area contributed by atoms with E-state index in [2.05, 4.69) is 49.1 Å². The molecule has 0 radical (unpaired) electrons. The molecular formula is C17H24BrNO2S2. The molecule has 0 bridgehead atoms. The van der Waals surface area contributed by atoms with Crippen LogP contribution in [0.15, 0.2) is 40.6 Å². The van der Waals surface area contributed by atoms with E-state index in [0.717, 1.165) is 24.0 Å². The van der Waals surface area contributed by atoms with Gasteiger partial charge in [0.2, 0.25) is 0 Å². The molecule has 23 heavy (non-hydrogen) atoms. The lowest BCUT2D eigenvalue weighted by Gasteiger charge is -2.39. The van der Waals surface area contributed by atoms with Gasteiger partial charge in [-0.05, 0) is 28.5 Å². The van der Waals surface area contributed by atoms with E-state index in [4.69, 9.17) is 4.74 Å². The summed E-state index contributed by atoms with van der Waals surface area (Å²) in [5.74, 6) is 0. The summed E-state index contributed by atoms with van der Waals surface area (Å²) in [5.41, 5.74) is 2.97. The van der Waals surface area contributed by atoms with E-state index in [-0.39, 0.29) is 22.5 Å². The zero-order valence-electron chi connectivity index (χ0n) is 13.7. The minimum atomic E-state index is 0. The van der Waals surface area contributed by atoms with Gasteiger partial charge in [-0.1, -0.05) is 12.1 Å². The topological polar surface area (TPSA) is 40.7 Å². The average Bonchev–Trinajstić information content (AvgIpc) is 3.11. The summed E-state index contributed by atoms with van der Waals surface area (Å²) in [6.07, 6.45) is 1.36. The number of thiophene rings is 2. The molecule has 2 aromatic rings. The van der Waals surface area contributed by atoms with E-state index in [1.807, 2.05) is 29.8 Å². The standard InChI is InChI=1S/C17H22NOS2.BrH.H2O/c1-18(2)11-13(10-14(12-18)19-3)17(15-6-4-8-20-15)16-7-5-9-21-16;;/h4-9,14H,10-12H2,1-3H3;1H;1H2/q+1;;/p-1. The largest absolute Gasteiger partial charge is 1.00 e. The monoisotopic (exact) mass is 417 g/mol. The molecule has 3 rings (SSSR count). The normalized spacial score (nSPS) is 19.6. The molecule has 0 aromatic carbocycles. The smallest absolute Gasteiger partial charge is 0.110 e. The highest BCUT2D eigenvalue weighted by Gasteiger charge is 2.33. The Labute approximate surface area is 156 Å². The predicted molar refractivity (Wildman–Crippen MR) is 95.5 cm³/mol. The lowest BCUT2D eigenvalue weighted by atomic mass is 9.94. The Balaban J connectivity index is 0.00000132.